The molecule has 16 nitrogen and oxygen atoms in total. The third-order valence-corrected chi connectivity index (χ3v) is 10.3. The van der Waals surface area contributed by atoms with Crippen LogP contribution >= 0.6 is 0 Å². The van der Waals surface area contributed by atoms with Crippen molar-refractivity contribution in [1.29, 1.82) is 0 Å². The molecule has 0 aliphatic carbocycles. The van der Waals surface area contributed by atoms with Crippen molar-refractivity contribution in [3.63, 3.8) is 0 Å². The number of nitrogens with one attached hydrogen (secondary N) is 2. The molecule has 4 aromatic carbocycles. The molecule has 0 amide bonds. The number of aromatic amines is 2. The molecule has 326 valence electrons. The molecule has 2 aliphatic heterocycles. The van der Waals surface area contributed by atoms with Crippen LogP contribution < -0.4 is 9.47 Å². The highest BCUT2D eigenvalue weighted by Crippen LogP contribution is 2.46. The molecule has 0 saturated carbocycles. The molecule has 0 fully saturated rings. The van der Waals surface area contributed by atoms with Crippen LogP contribution in [0.5, 0.6) is 11.5 Å². The number of methoxy groups -OCH3 is 1. The van der Waals surface area contributed by atoms with Crippen LogP contribution in [0.2, 0.25) is 0 Å². The van der Waals surface area contributed by atoms with Crippen molar-refractivity contribution < 1.29 is 37.9 Å². The van der Waals surface area contributed by atoms with Crippen molar-refractivity contribution in [2.75, 3.05) is 93.0 Å². The van der Waals surface area contributed by atoms with Gasteiger partial charge in [-0.05, 0) is 12.1 Å². The van der Waals surface area contributed by atoms with E-state index in [1.807, 2.05) is 84.9 Å². The molecule has 3 aromatic heterocycles. The Balaban J connectivity index is 1.14. The van der Waals surface area contributed by atoms with Gasteiger partial charge in [-0.15, -0.1) is 6.42 Å². The Kier molecular flexibility index (Phi) is 13.6. The first kappa shape index (κ1) is 42.5. The predicted molar refractivity (Wildman–Crippen MR) is 242 cm³/mol. The van der Waals surface area contributed by atoms with Gasteiger partial charge in [0, 0.05) is 39.8 Å². The average Bonchev–Trinajstić information content (AvgIpc) is 4.07. The molecule has 0 radical (unpaired) electrons. The Labute approximate surface area is 368 Å². The van der Waals surface area contributed by atoms with E-state index < -0.39 is 0 Å². The van der Waals surface area contributed by atoms with Crippen LogP contribution in [0.3, 0.4) is 0 Å². The van der Waals surface area contributed by atoms with E-state index in [9.17, 15) is 0 Å². The summed E-state index contributed by atoms with van der Waals surface area (Å²) in [6.45, 7) is 4.88. The summed E-state index contributed by atoms with van der Waals surface area (Å²) >= 11 is 0. The molecule has 0 atom stereocenters. The van der Waals surface area contributed by atoms with Crippen molar-refractivity contribution >= 4 is 44.1 Å². The smallest absolute Gasteiger partial charge is 0.168 e. The van der Waals surface area contributed by atoms with E-state index in [-0.39, 0.29) is 19.8 Å². The molecule has 0 unspecified atom stereocenters. The van der Waals surface area contributed by atoms with Gasteiger partial charge in [0.15, 0.2) is 23.3 Å². The van der Waals surface area contributed by atoms with E-state index in [4.69, 9.17) is 74.2 Å². The maximum Gasteiger partial charge on any atom is 0.168 e. The van der Waals surface area contributed by atoms with Crippen molar-refractivity contribution in [2.45, 2.75) is 0 Å². The topological polar surface area (TPSA) is 183 Å². The lowest BCUT2D eigenvalue weighted by atomic mass is 10.1. The fourth-order valence-corrected chi connectivity index (χ4v) is 7.41. The molecular weight excluding hydrogens is 817 g/mol. The maximum atomic E-state index is 6.46. The van der Waals surface area contributed by atoms with E-state index in [1.165, 1.54) is 0 Å². The highest BCUT2D eigenvalue weighted by Gasteiger charge is 2.29. The fourth-order valence-electron chi connectivity index (χ4n) is 7.41. The van der Waals surface area contributed by atoms with Crippen molar-refractivity contribution in [3.8, 4) is 69.4 Å². The van der Waals surface area contributed by atoms with Gasteiger partial charge in [0.1, 0.15) is 53.9 Å². The Morgan fingerprint density at radius 2 is 0.781 bits per heavy atom. The average molecular weight is 863 g/mol. The molecule has 7 aromatic rings. The molecule has 16 heteroatoms. The van der Waals surface area contributed by atoms with Crippen LogP contribution in [0.15, 0.2) is 84.9 Å². The number of rotatable bonds is 21. The molecule has 0 saturated heterocycles. The SMILES string of the molecule is C#CCOCCOCCOCCOc1ccc(OCCOCCOCCOC)c2c1-c1nc-2nc2[nH]c(nc3nc(nc4[nH]c(n1)c1ccccc41)-c1ccccc1-3)c1ccccc21. The highest BCUT2D eigenvalue weighted by atomic mass is 16.6. The number of ether oxygens (including phenoxy) is 8. The monoisotopic (exact) mass is 862 g/mol. The maximum absolute atomic E-state index is 6.46. The number of fused-ring (bicyclic) bond motifs is 20. The number of hydrogen-bond acceptors (Lipinski definition) is 14. The zero-order valence-corrected chi connectivity index (χ0v) is 35.3. The summed E-state index contributed by atoms with van der Waals surface area (Å²) in [5, 5.41) is 3.42. The Hall–Kier alpha value is -6.84. The molecule has 0 spiro atoms. The first-order valence-electron chi connectivity index (χ1n) is 21.0. The zero-order valence-electron chi connectivity index (χ0n) is 35.3. The van der Waals surface area contributed by atoms with E-state index in [2.05, 4.69) is 15.9 Å². The number of terminal acetylenes is 1. The number of hydrogen-bond donors (Lipinski definition) is 2. The van der Waals surface area contributed by atoms with Gasteiger partial charge in [-0.3, -0.25) is 0 Å². The van der Waals surface area contributed by atoms with Crippen molar-refractivity contribution in [2.24, 2.45) is 0 Å². The highest BCUT2D eigenvalue weighted by molar-refractivity contribution is 6.06. The lowest BCUT2D eigenvalue weighted by molar-refractivity contribution is 0.0142. The van der Waals surface area contributed by atoms with Crippen LogP contribution in [0.1, 0.15) is 0 Å². The number of aromatic nitrogens is 8. The van der Waals surface area contributed by atoms with Crippen LogP contribution in [0.25, 0.3) is 89.7 Å². The van der Waals surface area contributed by atoms with Gasteiger partial charge in [-0.25, -0.2) is 29.9 Å². The zero-order chi connectivity index (χ0) is 43.5. The number of nitrogens with zero attached hydrogens (tertiary/aromatic N) is 6. The summed E-state index contributed by atoms with van der Waals surface area (Å²) < 4.78 is 46.0. The minimum Gasteiger partial charge on any atom is -0.490 e. The van der Waals surface area contributed by atoms with Gasteiger partial charge in [0.2, 0.25) is 0 Å². The second kappa shape index (κ2) is 20.6. The normalized spacial score (nSPS) is 11.8. The molecule has 2 N–H and O–H groups in total. The quantitative estimate of drug-likeness (QED) is 0.0557. The standard InChI is InChI=1S/C48H46N8O8/c1-3-18-58-21-22-60-24-26-62-28-30-64-38-17-16-37(63-29-27-61-25-23-59-20-19-57-2)39-40(38)48-55-46-36-15-9-7-13-34(36)44(53-46)51-42-32-11-5-4-10-31(32)41(49-42)50-43-33-12-6-8-14-35(33)45(52-43)54-47(39)56-48/h1,4-17H,18-30H2,2H3,(H2,49,50,51,52,53,54,55,56). The van der Waals surface area contributed by atoms with Gasteiger partial charge in [0.05, 0.1) is 77.2 Å². The summed E-state index contributed by atoms with van der Waals surface area (Å²) in [7, 11) is 1.64. The van der Waals surface area contributed by atoms with E-state index in [0.29, 0.717) is 135 Å². The summed E-state index contributed by atoms with van der Waals surface area (Å²) in [5.41, 5.74) is 5.24. The second-order valence-corrected chi connectivity index (χ2v) is 14.5. The fraction of sp³-hybridized carbons (Fsp3) is 0.292. The van der Waals surface area contributed by atoms with Crippen LogP contribution in [-0.4, -0.2) is 133 Å². The lowest BCUT2D eigenvalue weighted by Gasteiger charge is -2.15. The largest absolute Gasteiger partial charge is 0.490 e. The van der Waals surface area contributed by atoms with Crippen LogP contribution in [-0.2, 0) is 28.4 Å². The number of H-pyrrole nitrogens is 2. The second-order valence-electron chi connectivity index (χ2n) is 14.5. The van der Waals surface area contributed by atoms with Gasteiger partial charge >= 0.3 is 0 Å². The van der Waals surface area contributed by atoms with Gasteiger partial charge in [-0.2, -0.15) is 0 Å². The first-order valence-corrected chi connectivity index (χ1v) is 21.0. The molecule has 8 bridgehead atoms. The molecule has 5 heterocycles. The van der Waals surface area contributed by atoms with Crippen molar-refractivity contribution in [3.05, 3.63) is 84.9 Å². The Morgan fingerprint density at radius 3 is 1.20 bits per heavy atom. The Bertz CT molecular complexity index is 2970. The minimum absolute atomic E-state index is 0.237. The van der Waals surface area contributed by atoms with Gasteiger partial charge in [-0.1, -0.05) is 78.7 Å². The Morgan fingerprint density at radius 1 is 0.422 bits per heavy atom. The molecule has 2 aliphatic rings. The van der Waals surface area contributed by atoms with Gasteiger partial charge < -0.3 is 47.9 Å². The molecule has 64 heavy (non-hydrogen) atoms. The summed E-state index contributed by atoms with van der Waals surface area (Å²) in [6.07, 6.45) is 5.23. The minimum atomic E-state index is 0.237. The number of benzene rings is 4. The van der Waals surface area contributed by atoms with Crippen molar-refractivity contribution in [1.82, 2.24) is 39.9 Å². The van der Waals surface area contributed by atoms with E-state index in [0.717, 1.165) is 32.7 Å². The third kappa shape index (κ3) is 9.41. The van der Waals surface area contributed by atoms with Crippen LogP contribution in [0, 0.1) is 12.3 Å². The predicted octanol–water partition coefficient (Wildman–Crippen LogP) is 6.99. The lowest BCUT2D eigenvalue weighted by Crippen LogP contribution is -2.13. The van der Waals surface area contributed by atoms with Gasteiger partial charge in [0.25, 0.3) is 0 Å². The van der Waals surface area contributed by atoms with Crippen LogP contribution in [0.4, 0.5) is 0 Å². The molecule has 9 rings (SSSR count). The van der Waals surface area contributed by atoms with E-state index in [1.54, 1.807) is 7.11 Å². The summed E-state index contributed by atoms with van der Waals surface area (Å²) in [4.78, 5) is 37.8. The van der Waals surface area contributed by atoms with E-state index >= 15 is 0 Å². The first-order chi connectivity index (χ1) is 31.7. The summed E-state index contributed by atoms with van der Waals surface area (Å²) in [5.74, 6) is 5.28. The molecular formula is C48H46N8O8. The summed E-state index contributed by atoms with van der Waals surface area (Å²) in [6, 6.07) is 27.5. The third-order valence-electron chi connectivity index (χ3n) is 10.3.